The zero-order valence-electron chi connectivity index (χ0n) is 13.1. The summed E-state index contributed by atoms with van der Waals surface area (Å²) >= 11 is 0. The molecule has 118 valence electrons. The highest BCUT2D eigenvalue weighted by Crippen LogP contribution is 2.26. The topological polar surface area (TPSA) is 34.4 Å². The lowest BCUT2D eigenvalue weighted by molar-refractivity contribution is 0.304. The Bertz CT molecular complexity index is 768. The molecule has 0 saturated carbocycles. The van der Waals surface area contributed by atoms with Crippen LogP contribution in [0.4, 0.5) is 0 Å². The molecule has 0 unspecified atom stereocenters. The van der Waals surface area contributed by atoms with Gasteiger partial charge >= 0.3 is 0 Å². The summed E-state index contributed by atoms with van der Waals surface area (Å²) in [6.07, 6.45) is 4.98. The van der Waals surface area contributed by atoms with Crippen LogP contribution in [-0.4, -0.2) is 19.2 Å². The fourth-order valence-electron chi connectivity index (χ4n) is 3.34. The average molecular weight is 307 g/mol. The summed E-state index contributed by atoms with van der Waals surface area (Å²) in [5.41, 5.74) is 3.82. The van der Waals surface area contributed by atoms with E-state index in [4.69, 9.17) is 9.15 Å². The maximum atomic E-state index is 5.87. The van der Waals surface area contributed by atoms with E-state index in [0.717, 1.165) is 42.5 Å². The normalized spacial score (nSPS) is 14.3. The van der Waals surface area contributed by atoms with E-state index in [1.54, 1.807) is 6.26 Å². The highest BCUT2D eigenvalue weighted by Gasteiger charge is 2.19. The fourth-order valence-corrected chi connectivity index (χ4v) is 3.34. The van der Waals surface area contributed by atoms with Crippen LogP contribution in [0.5, 0.6) is 5.75 Å². The maximum absolute atomic E-state index is 5.87. The molecule has 3 heteroatoms. The Balaban J connectivity index is 1.22. The van der Waals surface area contributed by atoms with Crippen molar-refractivity contribution in [3.63, 3.8) is 0 Å². The summed E-state index contributed by atoms with van der Waals surface area (Å²) < 4.78 is 11.4. The minimum atomic E-state index is 0.570. The molecule has 1 N–H and O–H groups in total. The van der Waals surface area contributed by atoms with Gasteiger partial charge in [-0.25, -0.2) is 0 Å². The third kappa shape index (κ3) is 3.10. The summed E-state index contributed by atoms with van der Waals surface area (Å²) in [5.74, 6) is 0.834. The Kier molecular flexibility index (Phi) is 4.03. The van der Waals surface area contributed by atoms with Crippen molar-refractivity contribution in [2.45, 2.75) is 25.3 Å². The highest BCUT2D eigenvalue weighted by molar-refractivity contribution is 5.82. The molecule has 0 radical (unpaired) electrons. The van der Waals surface area contributed by atoms with E-state index < -0.39 is 0 Å². The predicted octanol–water partition coefficient (Wildman–Crippen LogP) is 3.96. The third-order valence-corrected chi connectivity index (χ3v) is 4.51. The molecule has 1 aliphatic rings. The van der Waals surface area contributed by atoms with Gasteiger partial charge in [-0.1, -0.05) is 36.4 Å². The van der Waals surface area contributed by atoms with Crippen molar-refractivity contribution in [1.29, 1.82) is 0 Å². The number of fused-ring (bicyclic) bond motifs is 2. The van der Waals surface area contributed by atoms with Crippen LogP contribution in [0.25, 0.3) is 11.0 Å². The van der Waals surface area contributed by atoms with E-state index in [1.807, 2.05) is 24.3 Å². The number of furan rings is 1. The molecule has 23 heavy (non-hydrogen) atoms. The molecule has 0 saturated heterocycles. The van der Waals surface area contributed by atoms with E-state index in [2.05, 4.69) is 29.6 Å². The quantitative estimate of drug-likeness (QED) is 0.700. The second-order valence-electron chi connectivity index (χ2n) is 6.13. The van der Waals surface area contributed by atoms with Crippen LogP contribution in [0.3, 0.4) is 0 Å². The number of hydrogen-bond donors (Lipinski definition) is 1. The van der Waals surface area contributed by atoms with Crippen molar-refractivity contribution in [1.82, 2.24) is 5.32 Å². The maximum Gasteiger partial charge on any atom is 0.175 e. The van der Waals surface area contributed by atoms with Crippen LogP contribution < -0.4 is 10.1 Å². The average Bonchev–Trinajstić information content (AvgIpc) is 3.21. The first kappa shape index (κ1) is 14.3. The molecule has 2 aromatic carbocycles. The van der Waals surface area contributed by atoms with E-state index in [1.165, 1.54) is 11.1 Å². The molecular formula is C20H21NO2. The molecule has 0 bridgehead atoms. The number of nitrogens with one attached hydrogen (secondary N) is 1. The lowest BCUT2D eigenvalue weighted by atomic mass is 10.1. The monoisotopic (exact) mass is 307 g/mol. The summed E-state index contributed by atoms with van der Waals surface area (Å²) in [4.78, 5) is 0. The predicted molar refractivity (Wildman–Crippen MR) is 92.0 cm³/mol. The molecule has 0 spiro atoms. The van der Waals surface area contributed by atoms with E-state index >= 15 is 0 Å². The minimum Gasteiger partial charge on any atom is -0.490 e. The number of para-hydroxylation sites is 1. The van der Waals surface area contributed by atoms with Gasteiger partial charge in [0, 0.05) is 11.4 Å². The number of benzene rings is 2. The standard InChI is InChI=1S/C20H21NO2/c1-2-6-17-14-18(13-16(17)5-1)21-10-4-11-22-19-8-3-7-15-9-12-23-20(15)19/h1-3,5-9,12,18,21H,4,10-11,13-14H2. The zero-order chi connectivity index (χ0) is 15.5. The Morgan fingerprint density at radius 2 is 1.83 bits per heavy atom. The Hall–Kier alpha value is -2.26. The van der Waals surface area contributed by atoms with Crippen molar-refractivity contribution >= 4 is 11.0 Å². The van der Waals surface area contributed by atoms with Gasteiger partial charge in [0.25, 0.3) is 0 Å². The van der Waals surface area contributed by atoms with Crippen LogP contribution in [-0.2, 0) is 12.8 Å². The summed E-state index contributed by atoms with van der Waals surface area (Å²) in [5, 5.41) is 4.73. The summed E-state index contributed by atoms with van der Waals surface area (Å²) in [6, 6.07) is 17.3. The van der Waals surface area contributed by atoms with Crippen molar-refractivity contribution < 1.29 is 9.15 Å². The number of hydrogen-bond acceptors (Lipinski definition) is 3. The van der Waals surface area contributed by atoms with E-state index in [0.29, 0.717) is 12.6 Å². The van der Waals surface area contributed by atoms with Gasteiger partial charge in [0.05, 0.1) is 12.9 Å². The molecule has 4 rings (SSSR count). The van der Waals surface area contributed by atoms with Gasteiger partial charge in [-0.2, -0.15) is 0 Å². The molecule has 3 nitrogen and oxygen atoms in total. The van der Waals surface area contributed by atoms with Gasteiger partial charge in [0.15, 0.2) is 11.3 Å². The third-order valence-electron chi connectivity index (χ3n) is 4.51. The lowest BCUT2D eigenvalue weighted by Gasteiger charge is -2.12. The van der Waals surface area contributed by atoms with Gasteiger partial charge in [-0.15, -0.1) is 0 Å². The summed E-state index contributed by atoms with van der Waals surface area (Å²) in [7, 11) is 0. The van der Waals surface area contributed by atoms with Crippen LogP contribution >= 0.6 is 0 Å². The van der Waals surface area contributed by atoms with Gasteiger partial charge in [0.2, 0.25) is 0 Å². The first-order valence-corrected chi connectivity index (χ1v) is 8.29. The van der Waals surface area contributed by atoms with Crippen LogP contribution in [0.2, 0.25) is 0 Å². The molecule has 0 fully saturated rings. The van der Waals surface area contributed by atoms with Crippen LogP contribution in [0, 0.1) is 0 Å². The molecule has 1 aliphatic carbocycles. The fraction of sp³-hybridized carbons (Fsp3) is 0.300. The second-order valence-corrected chi connectivity index (χ2v) is 6.13. The van der Waals surface area contributed by atoms with Crippen molar-refractivity contribution in [2.75, 3.05) is 13.2 Å². The van der Waals surface area contributed by atoms with Crippen molar-refractivity contribution in [3.05, 3.63) is 65.9 Å². The molecule has 0 atom stereocenters. The van der Waals surface area contributed by atoms with Gasteiger partial charge in [-0.05, 0) is 49.1 Å². The van der Waals surface area contributed by atoms with E-state index in [-0.39, 0.29) is 0 Å². The SMILES string of the molecule is c1ccc2c(c1)CC(NCCCOc1cccc3ccoc13)C2. The number of ether oxygens (including phenoxy) is 1. The molecule has 1 heterocycles. The zero-order valence-corrected chi connectivity index (χ0v) is 13.1. The second kappa shape index (κ2) is 6.47. The van der Waals surface area contributed by atoms with Crippen LogP contribution in [0.1, 0.15) is 17.5 Å². The first-order valence-electron chi connectivity index (χ1n) is 8.29. The molecule has 0 amide bonds. The molecule has 3 aromatic rings. The van der Waals surface area contributed by atoms with Gasteiger partial charge in [-0.3, -0.25) is 0 Å². The van der Waals surface area contributed by atoms with Gasteiger partial charge in [0.1, 0.15) is 0 Å². The first-order chi connectivity index (χ1) is 11.4. The van der Waals surface area contributed by atoms with Gasteiger partial charge < -0.3 is 14.5 Å². The van der Waals surface area contributed by atoms with E-state index in [9.17, 15) is 0 Å². The largest absolute Gasteiger partial charge is 0.490 e. The van der Waals surface area contributed by atoms with Crippen molar-refractivity contribution in [2.24, 2.45) is 0 Å². The summed E-state index contributed by atoms with van der Waals surface area (Å²) in [6.45, 7) is 1.68. The molecule has 1 aromatic heterocycles. The molecular weight excluding hydrogens is 286 g/mol. The lowest BCUT2D eigenvalue weighted by Crippen LogP contribution is -2.31. The van der Waals surface area contributed by atoms with Crippen molar-refractivity contribution in [3.8, 4) is 5.75 Å². The number of rotatable bonds is 6. The van der Waals surface area contributed by atoms with Crippen LogP contribution in [0.15, 0.2) is 59.2 Å². The smallest absolute Gasteiger partial charge is 0.175 e. The Morgan fingerprint density at radius 3 is 2.65 bits per heavy atom. The minimum absolute atomic E-state index is 0.570. The molecule has 0 aliphatic heterocycles. The Morgan fingerprint density at radius 1 is 1.00 bits per heavy atom. The Labute approximate surface area is 136 Å². The highest BCUT2D eigenvalue weighted by atomic mass is 16.5.